The summed E-state index contributed by atoms with van der Waals surface area (Å²) >= 11 is 0. The number of hydrogen-bond acceptors (Lipinski definition) is 3. The molecule has 0 aliphatic carbocycles. The van der Waals surface area contributed by atoms with Gasteiger partial charge in [0, 0.05) is 11.6 Å². The summed E-state index contributed by atoms with van der Waals surface area (Å²) in [6.07, 6.45) is 4.53. The fourth-order valence-corrected chi connectivity index (χ4v) is 2.45. The molecule has 0 saturated carbocycles. The van der Waals surface area contributed by atoms with E-state index in [9.17, 15) is 5.11 Å². The summed E-state index contributed by atoms with van der Waals surface area (Å²) in [6, 6.07) is 0.643. The minimum atomic E-state index is -0.113. The van der Waals surface area contributed by atoms with Gasteiger partial charge in [0.15, 0.2) is 0 Å². The molecular weight excluding hydrogens is 236 g/mol. The second-order valence-electron chi connectivity index (χ2n) is 6.71. The molecule has 0 aromatic carbocycles. The fourth-order valence-electron chi connectivity index (χ4n) is 2.45. The molecule has 0 bridgehead atoms. The molecule has 0 rings (SSSR count). The molecule has 3 nitrogen and oxygen atoms in total. The van der Waals surface area contributed by atoms with Crippen LogP contribution in [0.25, 0.3) is 0 Å². The van der Waals surface area contributed by atoms with E-state index in [4.69, 9.17) is 0 Å². The van der Waals surface area contributed by atoms with Crippen molar-refractivity contribution in [1.29, 1.82) is 0 Å². The van der Waals surface area contributed by atoms with E-state index in [-0.39, 0.29) is 12.1 Å². The van der Waals surface area contributed by atoms with Crippen molar-refractivity contribution >= 4 is 0 Å². The first kappa shape index (κ1) is 18.9. The summed E-state index contributed by atoms with van der Waals surface area (Å²) < 4.78 is 0. The van der Waals surface area contributed by atoms with Gasteiger partial charge in [0.1, 0.15) is 0 Å². The van der Waals surface area contributed by atoms with E-state index < -0.39 is 0 Å². The van der Waals surface area contributed by atoms with Crippen molar-refractivity contribution in [2.45, 2.75) is 71.9 Å². The second kappa shape index (κ2) is 9.73. The van der Waals surface area contributed by atoms with Gasteiger partial charge in [0.05, 0.1) is 6.61 Å². The van der Waals surface area contributed by atoms with E-state index in [0.717, 1.165) is 38.3 Å². The Labute approximate surface area is 120 Å². The van der Waals surface area contributed by atoms with Crippen LogP contribution in [0.2, 0.25) is 0 Å². The van der Waals surface area contributed by atoms with Crippen LogP contribution in [-0.4, -0.2) is 48.3 Å². The molecule has 0 spiro atoms. The molecule has 0 fully saturated rings. The van der Waals surface area contributed by atoms with Gasteiger partial charge >= 0.3 is 0 Å². The zero-order valence-electron chi connectivity index (χ0n) is 14.0. The molecule has 0 aliphatic rings. The topological polar surface area (TPSA) is 35.5 Å². The van der Waals surface area contributed by atoms with Gasteiger partial charge in [-0.2, -0.15) is 0 Å². The number of aliphatic hydroxyl groups excluding tert-OH is 1. The smallest absolute Gasteiger partial charge is 0.0610 e. The standard InChI is InChI=1S/C16H36N2O/c1-7-10-17-16(5,13-19)9-8-11-18(6)15(4)12-14(2)3/h14-15,17,19H,7-13H2,1-6H3. The van der Waals surface area contributed by atoms with Crippen LogP contribution in [0.5, 0.6) is 0 Å². The number of rotatable bonds is 11. The van der Waals surface area contributed by atoms with Gasteiger partial charge in [0.25, 0.3) is 0 Å². The molecule has 0 aromatic rings. The Morgan fingerprint density at radius 1 is 1.26 bits per heavy atom. The minimum Gasteiger partial charge on any atom is -0.394 e. The largest absolute Gasteiger partial charge is 0.394 e. The van der Waals surface area contributed by atoms with E-state index >= 15 is 0 Å². The molecule has 0 amide bonds. The van der Waals surface area contributed by atoms with Crippen molar-refractivity contribution in [3.8, 4) is 0 Å². The normalized spacial score (nSPS) is 16.9. The van der Waals surface area contributed by atoms with Crippen LogP contribution in [-0.2, 0) is 0 Å². The van der Waals surface area contributed by atoms with Gasteiger partial charge in [-0.3, -0.25) is 0 Å². The first-order chi connectivity index (χ1) is 8.84. The molecule has 2 unspecified atom stereocenters. The monoisotopic (exact) mass is 272 g/mol. The van der Waals surface area contributed by atoms with E-state index in [1.165, 1.54) is 6.42 Å². The lowest BCUT2D eigenvalue weighted by Gasteiger charge is -2.31. The Morgan fingerprint density at radius 3 is 2.37 bits per heavy atom. The zero-order valence-corrected chi connectivity index (χ0v) is 14.0. The van der Waals surface area contributed by atoms with Crippen LogP contribution < -0.4 is 5.32 Å². The van der Waals surface area contributed by atoms with E-state index in [1.807, 2.05) is 0 Å². The third-order valence-corrected chi connectivity index (χ3v) is 3.96. The Hall–Kier alpha value is -0.120. The molecule has 2 atom stereocenters. The van der Waals surface area contributed by atoms with Gasteiger partial charge in [-0.25, -0.2) is 0 Å². The lowest BCUT2D eigenvalue weighted by atomic mass is 9.96. The molecule has 0 heterocycles. The van der Waals surface area contributed by atoms with Crippen LogP contribution >= 0.6 is 0 Å². The molecule has 0 aliphatic heterocycles. The highest BCUT2D eigenvalue weighted by atomic mass is 16.3. The van der Waals surface area contributed by atoms with Gasteiger partial charge in [0.2, 0.25) is 0 Å². The number of nitrogens with one attached hydrogen (secondary N) is 1. The summed E-state index contributed by atoms with van der Waals surface area (Å²) in [4.78, 5) is 2.44. The van der Waals surface area contributed by atoms with Gasteiger partial charge < -0.3 is 15.3 Å². The predicted octanol–water partition coefficient (Wildman–Crippen LogP) is 2.88. The highest BCUT2D eigenvalue weighted by Gasteiger charge is 2.22. The molecule has 3 heteroatoms. The molecule has 2 N–H and O–H groups in total. The van der Waals surface area contributed by atoms with Crippen molar-refractivity contribution in [1.82, 2.24) is 10.2 Å². The highest BCUT2D eigenvalue weighted by Crippen LogP contribution is 2.14. The lowest BCUT2D eigenvalue weighted by molar-refractivity contribution is 0.153. The third-order valence-electron chi connectivity index (χ3n) is 3.96. The quantitative estimate of drug-likeness (QED) is 0.607. The van der Waals surface area contributed by atoms with Gasteiger partial charge in [-0.15, -0.1) is 0 Å². The summed E-state index contributed by atoms with van der Waals surface area (Å²) in [5, 5.41) is 13.0. The van der Waals surface area contributed by atoms with E-state index in [1.54, 1.807) is 0 Å². The third kappa shape index (κ3) is 8.61. The molecule has 0 radical (unpaired) electrons. The van der Waals surface area contributed by atoms with Crippen LogP contribution in [0.1, 0.15) is 60.3 Å². The minimum absolute atomic E-state index is 0.113. The summed E-state index contributed by atoms with van der Waals surface area (Å²) in [5.41, 5.74) is -0.113. The lowest BCUT2D eigenvalue weighted by Crippen LogP contribution is -2.46. The van der Waals surface area contributed by atoms with Crippen molar-refractivity contribution in [3.63, 3.8) is 0 Å². The van der Waals surface area contributed by atoms with Crippen LogP contribution in [0.15, 0.2) is 0 Å². The fraction of sp³-hybridized carbons (Fsp3) is 1.00. The van der Waals surface area contributed by atoms with Crippen molar-refractivity contribution in [2.24, 2.45) is 5.92 Å². The second-order valence-corrected chi connectivity index (χ2v) is 6.71. The van der Waals surface area contributed by atoms with Gasteiger partial charge in [-0.1, -0.05) is 20.8 Å². The van der Waals surface area contributed by atoms with E-state index in [2.05, 4.69) is 51.9 Å². The van der Waals surface area contributed by atoms with Crippen LogP contribution in [0.4, 0.5) is 0 Å². The highest BCUT2D eigenvalue weighted by molar-refractivity contribution is 4.82. The number of nitrogens with zero attached hydrogens (tertiary/aromatic N) is 1. The maximum Gasteiger partial charge on any atom is 0.0610 e. The molecule has 0 aromatic heterocycles. The number of aliphatic hydroxyl groups is 1. The maximum atomic E-state index is 9.53. The SMILES string of the molecule is CCCNC(C)(CO)CCCN(C)C(C)CC(C)C. The van der Waals surface area contributed by atoms with Crippen LogP contribution in [0.3, 0.4) is 0 Å². The Bertz CT molecular complexity index is 221. The molecule has 0 saturated heterocycles. The Morgan fingerprint density at radius 2 is 1.89 bits per heavy atom. The summed E-state index contributed by atoms with van der Waals surface area (Å²) in [6.45, 7) is 13.5. The Kier molecular flexibility index (Phi) is 9.67. The average Bonchev–Trinajstić information content (AvgIpc) is 2.35. The van der Waals surface area contributed by atoms with Crippen molar-refractivity contribution < 1.29 is 5.11 Å². The number of hydrogen-bond donors (Lipinski definition) is 2. The van der Waals surface area contributed by atoms with Crippen molar-refractivity contribution in [2.75, 3.05) is 26.7 Å². The average molecular weight is 272 g/mol. The molecule has 19 heavy (non-hydrogen) atoms. The maximum absolute atomic E-state index is 9.53. The first-order valence-electron chi connectivity index (χ1n) is 7.90. The molecule has 116 valence electrons. The van der Waals surface area contributed by atoms with Crippen LogP contribution in [0, 0.1) is 5.92 Å². The zero-order chi connectivity index (χ0) is 14.9. The Balaban J connectivity index is 3.98. The molecular formula is C16H36N2O. The summed E-state index contributed by atoms with van der Waals surface area (Å²) in [7, 11) is 2.21. The van der Waals surface area contributed by atoms with E-state index in [0.29, 0.717) is 6.04 Å². The summed E-state index contributed by atoms with van der Waals surface area (Å²) in [5.74, 6) is 0.756. The van der Waals surface area contributed by atoms with Crippen molar-refractivity contribution in [3.05, 3.63) is 0 Å². The predicted molar refractivity (Wildman–Crippen MR) is 84.6 cm³/mol. The van der Waals surface area contributed by atoms with Gasteiger partial charge in [-0.05, 0) is 65.6 Å². The first-order valence-corrected chi connectivity index (χ1v) is 7.90.